The van der Waals surface area contributed by atoms with Gasteiger partial charge in [0, 0.05) is 0 Å². The molecule has 1 aromatic rings. The number of methoxy groups -OCH3 is 1. The van der Waals surface area contributed by atoms with Crippen LogP contribution in [0.25, 0.3) is 6.08 Å². The van der Waals surface area contributed by atoms with Crippen LogP contribution >= 0.6 is 0 Å². The van der Waals surface area contributed by atoms with Crippen LogP contribution < -0.4 is 0 Å². The molecule has 104 valence electrons. The summed E-state index contributed by atoms with van der Waals surface area (Å²) >= 11 is 0. The summed E-state index contributed by atoms with van der Waals surface area (Å²) in [6.07, 6.45) is 6.15. The highest BCUT2D eigenvalue weighted by Gasteiger charge is 2.18. The van der Waals surface area contributed by atoms with Gasteiger partial charge in [0.15, 0.2) is 6.10 Å². The number of esters is 1. The van der Waals surface area contributed by atoms with Crippen LogP contribution in [-0.4, -0.2) is 25.8 Å². The van der Waals surface area contributed by atoms with Crippen molar-refractivity contribution < 1.29 is 14.3 Å². The molecule has 0 amide bonds. The quantitative estimate of drug-likeness (QED) is 0.673. The summed E-state index contributed by atoms with van der Waals surface area (Å²) in [6.45, 7) is 2.50. The van der Waals surface area contributed by atoms with E-state index in [-0.39, 0.29) is 5.97 Å². The number of carbonyl (C=O) groups excluding carboxylic acids is 1. The second kappa shape index (κ2) is 9.34. The highest BCUT2D eigenvalue weighted by Crippen LogP contribution is 2.07. The van der Waals surface area contributed by atoms with Gasteiger partial charge in [-0.15, -0.1) is 0 Å². The van der Waals surface area contributed by atoms with E-state index in [1.807, 2.05) is 42.5 Å². The van der Waals surface area contributed by atoms with Crippen LogP contribution in [0.2, 0.25) is 0 Å². The van der Waals surface area contributed by atoms with Gasteiger partial charge >= 0.3 is 5.97 Å². The first-order valence-corrected chi connectivity index (χ1v) is 6.69. The van der Waals surface area contributed by atoms with Crippen LogP contribution in [-0.2, 0) is 14.3 Å². The zero-order valence-corrected chi connectivity index (χ0v) is 11.7. The van der Waals surface area contributed by atoms with Gasteiger partial charge < -0.3 is 9.47 Å². The molecule has 0 radical (unpaired) electrons. The number of hydrogen-bond acceptors (Lipinski definition) is 3. The van der Waals surface area contributed by atoms with Crippen molar-refractivity contribution in [1.29, 1.82) is 0 Å². The first kappa shape index (κ1) is 15.4. The number of benzene rings is 1. The molecule has 0 aliphatic carbocycles. The fraction of sp³-hybridized carbons (Fsp3) is 0.438. The monoisotopic (exact) mass is 262 g/mol. The van der Waals surface area contributed by atoms with Gasteiger partial charge in [0.05, 0.1) is 13.7 Å². The molecule has 0 bridgehead atoms. The van der Waals surface area contributed by atoms with Crippen LogP contribution in [0, 0.1) is 0 Å². The molecule has 0 saturated heterocycles. The third-order valence-corrected chi connectivity index (χ3v) is 2.79. The molecular formula is C16H22O3. The molecular weight excluding hydrogens is 240 g/mol. The van der Waals surface area contributed by atoms with E-state index in [0.717, 1.165) is 18.4 Å². The average Bonchev–Trinajstić information content (AvgIpc) is 2.47. The van der Waals surface area contributed by atoms with Crippen molar-refractivity contribution in [2.24, 2.45) is 0 Å². The summed E-state index contributed by atoms with van der Waals surface area (Å²) in [5.41, 5.74) is 1.12. The lowest BCUT2D eigenvalue weighted by Crippen LogP contribution is -2.25. The molecule has 1 aromatic carbocycles. The second-order valence-electron chi connectivity index (χ2n) is 4.30. The fourth-order valence-electron chi connectivity index (χ4n) is 1.71. The molecule has 0 N–H and O–H groups in total. The van der Waals surface area contributed by atoms with Crippen LogP contribution in [0.5, 0.6) is 0 Å². The zero-order chi connectivity index (χ0) is 13.9. The zero-order valence-electron chi connectivity index (χ0n) is 11.7. The number of unbranched alkanes of at least 4 members (excludes halogenated alkanes) is 1. The number of carbonyl (C=O) groups is 1. The number of hydrogen-bond donors (Lipinski definition) is 0. The van der Waals surface area contributed by atoms with Gasteiger partial charge in [0.2, 0.25) is 0 Å². The lowest BCUT2D eigenvalue weighted by atomic mass is 10.1. The highest BCUT2D eigenvalue weighted by atomic mass is 16.6. The van der Waals surface area contributed by atoms with Gasteiger partial charge in [-0.2, -0.15) is 0 Å². The molecule has 0 spiro atoms. The SMILES string of the molecule is CCCCC(OC/C=C/c1ccccc1)C(=O)OC. The maximum Gasteiger partial charge on any atom is 0.334 e. The number of ether oxygens (including phenoxy) is 2. The summed E-state index contributed by atoms with van der Waals surface area (Å²) < 4.78 is 10.3. The fourth-order valence-corrected chi connectivity index (χ4v) is 1.71. The molecule has 0 aliphatic rings. The Morgan fingerprint density at radius 3 is 2.68 bits per heavy atom. The van der Waals surface area contributed by atoms with E-state index >= 15 is 0 Å². The molecule has 0 aromatic heterocycles. The van der Waals surface area contributed by atoms with Crippen LogP contribution in [0.3, 0.4) is 0 Å². The van der Waals surface area contributed by atoms with Gasteiger partial charge in [0.1, 0.15) is 0 Å². The van der Waals surface area contributed by atoms with Crippen molar-refractivity contribution >= 4 is 12.0 Å². The van der Waals surface area contributed by atoms with E-state index in [4.69, 9.17) is 9.47 Å². The van der Waals surface area contributed by atoms with Crippen molar-refractivity contribution in [1.82, 2.24) is 0 Å². The summed E-state index contributed by atoms with van der Waals surface area (Å²) in [7, 11) is 1.39. The van der Waals surface area contributed by atoms with E-state index < -0.39 is 6.10 Å². The van der Waals surface area contributed by atoms with E-state index in [9.17, 15) is 4.79 Å². The molecule has 3 heteroatoms. The lowest BCUT2D eigenvalue weighted by molar-refractivity contribution is -0.153. The molecule has 0 fully saturated rings. The van der Waals surface area contributed by atoms with Gasteiger partial charge in [-0.25, -0.2) is 4.79 Å². The maximum absolute atomic E-state index is 11.5. The Bertz CT molecular complexity index is 384. The van der Waals surface area contributed by atoms with Crippen LogP contribution in [0.1, 0.15) is 31.7 Å². The van der Waals surface area contributed by atoms with Gasteiger partial charge in [0.25, 0.3) is 0 Å². The molecule has 0 aliphatic heterocycles. The second-order valence-corrected chi connectivity index (χ2v) is 4.30. The molecule has 0 saturated carbocycles. The first-order chi connectivity index (χ1) is 9.27. The van der Waals surface area contributed by atoms with Gasteiger partial charge in [-0.3, -0.25) is 0 Å². The minimum atomic E-state index is -0.453. The van der Waals surface area contributed by atoms with Gasteiger partial charge in [-0.1, -0.05) is 62.2 Å². The molecule has 3 nitrogen and oxygen atoms in total. The first-order valence-electron chi connectivity index (χ1n) is 6.69. The maximum atomic E-state index is 11.5. The highest BCUT2D eigenvalue weighted by molar-refractivity contribution is 5.74. The van der Waals surface area contributed by atoms with E-state index in [2.05, 4.69) is 6.92 Å². The molecule has 1 rings (SSSR count). The van der Waals surface area contributed by atoms with E-state index in [0.29, 0.717) is 13.0 Å². The lowest BCUT2D eigenvalue weighted by Gasteiger charge is -2.13. The number of rotatable bonds is 8. The molecule has 19 heavy (non-hydrogen) atoms. The standard InChI is InChI=1S/C16H22O3/c1-3-4-12-15(16(17)18-2)19-13-8-11-14-9-6-5-7-10-14/h5-11,15H,3-4,12-13H2,1-2H3/b11-8+. The summed E-state index contributed by atoms with van der Waals surface area (Å²) in [6, 6.07) is 9.99. The minimum absolute atomic E-state index is 0.290. The Balaban J connectivity index is 2.39. The summed E-state index contributed by atoms with van der Waals surface area (Å²) in [4.78, 5) is 11.5. The Morgan fingerprint density at radius 1 is 1.32 bits per heavy atom. The van der Waals surface area contributed by atoms with Crippen LogP contribution in [0.15, 0.2) is 36.4 Å². The molecule has 1 unspecified atom stereocenters. The van der Waals surface area contributed by atoms with Crippen molar-refractivity contribution in [3.8, 4) is 0 Å². The van der Waals surface area contributed by atoms with Crippen molar-refractivity contribution in [3.05, 3.63) is 42.0 Å². The molecule has 0 heterocycles. The topological polar surface area (TPSA) is 35.5 Å². The Labute approximate surface area is 115 Å². The summed E-state index contributed by atoms with van der Waals surface area (Å²) in [5, 5.41) is 0. The Hall–Kier alpha value is -1.61. The predicted octanol–water partition coefficient (Wildman–Crippen LogP) is 3.45. The third-order valence-electron chi connectivity index (χ3n) is 2.79. The molecule has 1 atom stereocenters. The Kier molecular flexibility index (Phi) is 7.59. The largest absolute Gasteiger partial charge is 0.467 e. The van der Waals surface area contributed by atoms with Crippen LogP contribution in [0.4, 0.5) is 0 Å². The van der Waals surface area contributed by atoms with E-state index in [1.165, 1.54) is 7.11 Å². The normalized spacial score (nSPS) is 12.5. The predicted molar refractivity (Wildman–Crippen MR) is 76.8 cm³/mol. The van der Waals surface area contributed by atoms with Crippen molar-refractivity contribution in [3.63, 3.8) is 0 Å². The van der Waals surface area contributed by atoms with E-state index in [1.54, 1.807) is 0 Å². The minimum Gasteiger partial charge on any atom is -0.467 e. The Morgan fingerprint density at radius 2 is 2.05 bits per heavy atom. The van der Waals surface area contributed by atoms with Crippen molar-refractivity contribution in [2.75, 3.05) is 13.7 Å². The smallest absolute Gasteiger partial charge is 0.334 e. The van der Waals surface area contributed by atoms with Crippen molar-refractivity contribution in [2.45, 2.75) is 32.3 Å². The van der Waals surface area contributed by atoms with Gasteiger partial charge in [-0.05, 0) is 12.0 Å². The average molecular weight is 262 g/mol. The third kappa shape index (κ3) is 6.20. The summed E-state index contributed by atoms with van der Waals surface area (Å²) in [5.74, 6) is -0.290.